The van der Waals surface area contributed by atoms with E-state index in [1.807, 2.05) is 0 Å². The lowest BCUT2D eigenvalue weighted by atomic mass is 9.69. The second-order valence-corrected chi connectivity index (χ2v) is 8.97. The molecule has 1 amide bonds. The molecule has 4 atom stereocenters. The van der Waals surface area contributed by atoms with Gasteiger partial charge in [-0.3, -0.25) is 24.6 Å². The standard InChI is InChI=1S/C22H28FN3O5/c23-17-9-8-14(12-19(17)26(30)31)22(29)25-13-15-4-2-10-24-11-3-5-16(21(15)24)18(25)6-1-7-20(27)28/h8-9,12,15-16,18,21H,1-7,10-11,13H2,(H,27,28)/t15-,16+,18-,21-/m0/s1. The zero-order valence-electron chi connectivity index (χ0n) is 17.4. The number of likely N-dealkylation sites (tertiary alicyclic amines) is 1. The molecule has 3 aliphatic rings. The molecule has 1 aromatic carbocycles. The quantitative estimate of drug-likeness (QED) is 0.545. The minimum absolute atomic E-state index is 0.0467. The molecule has 0 saturated carbocycles. The lowest BCUT2D eigenvalue weighted by Gasteiger charge is -2.57. The topological polar surface area (TPSA) is 104 Å². The van der Waals surface area contributed by atoms with Crippen LogP contribution in [-0.4, -0.2) is 63.4 Å². The molecule has 0 aliphatic carbocycles. The minimum Gasteiger partial charge on any atom is -0.481 e. The number of carboxylic acid groups (broad SMARTS) is 1. The number of carbonyl (C=O) groups is 2. The molecule has 1 aromatic rings. The van der Waals surface area contributed by atoms with E-state index in [0.717, 1.165) is 50.9 Å². The largest absolute Gasteiger partial charge is 0.481 e. The second-order valence-electron chi connectivity index (χ2n) is 8.97. The fourth-order valence-corrected chi connectivity index (χ4v) is 6.01. The summed E-state index contributed by atoms with van der Waals surface area (Å²) >= 11 is 0. The number of aliphatic carboxylic acids is 1. The van der Waals surface area contributed by atoms with E-state index in [0.29, 0.717) is 31.3 Å². The van der Waals surface area contributed by atoms with Crippen LogP contribution < -0.4 is 0 Å². The Bertz CT molecular complexity index is 877. The number of halogens is 1. The molecule has 1 N–H and O–H groups in total. The van der Waals surface area contributed by atoms with Gasteiger partial charge in [0.05, 0.1) is 4.92 Å². The maximum absolute atomic E-state index is 13.8. The molecule has 3 saturated heterocycles. The summed E-state index contributed by atoms with van der Waals surface area (Å²) in [5.41, 5.74) is -0.595. The molecule has 31 heavy (non-hydrogen) atoms. The summed E-state index contributed by atoms with van der Waals surface area (Å²) in [5.74, 6) is -1.54. The van der Waals surface area contributed by atoms with Gasteiger partial charge in [0.1, 0.15) is 0 Å². The van der Waals surface area contributed by atoms with Gasteiger partial charge in [-0.2, -0.15) is 4.39 Å². The third-order valence-corrected chi connectivity index (χ3v) is 7.21. The molecule has 8 nitrogen and oxygen atoms in total. The maximum Gasteiger partial charge on any atom is 0.305 e. The lowest BCUT2D eigenvalue weighted by Crippen LogP contribution is -2.65. The first-order chi connectivity index (χ1) is 14.9. The van der Waals surface area contributed by atoms with Crippen molar-refractivity contribution in [2.75, 3.05) is 19.6 Å². The first-order valence-corrected chi connectivity index (χ1v) is 11.1. The average Bonchev–Trinajstić information content (AvgIpc) is 2.74. The van der Waals surface area contributed by atoms with Crippen LogP contribution in [0.5, 0.6) is 0 Å². The van der Waals surface area contributed by atoms with E-state index >= 15 is 0 Å². The van der Waals surface area contributed by atoms with Crippen molar-refractivity contribution in [3.63, 3.8) is 0 Å². The van der Waals surface area contributed by atoms with Gasteiger partial charge in [-0.15, -0.1) is 0 Å². The van der Waals surface area contributed by atoms with Crippen LogP contribution in [-0.2, 0) is 4.79 Å². The van der Waals surface area contributed by atoms with Gasteiger partial charge in [0, 0.05) is 36.7 Å². The molecule has 0 unspecified atom stereocenters. The Kier molecular flexibility index (Phi) is 6.22. The van der Waals surface area contributed by atoms with Crippen LogP contribution in [0, 0.1) is 27.8 Å². The first kappa shape index (κ1) is 21.7. The van der Waals surface area contributed by atoms with Crippen molar-refractivity contribution in [2.24, 2.45) is 11.8 Å². The Morgan fingerprint density at radius 1 is 1.23 bits per heavy atom. The highest BCUT2D eigenvalue weighted by molar-refractivity contribution is 5.95. The van der Waals surface area contributed by atoms with Crippen molar-refractivity contribution < 1.29 is 24.0 Å². The van der Waals surface area contributed by atoms with Gasteiger partial charge in [-0.25, -0.2) is 0 Å². The van der Waals surface area contributed by atoms with E-state index in [2.05, 4.69) is 4.90 Å². The Hall–Kier alpha value is -2.55. The van der Waals surface area contributed by atoms with E-state index in [1.165, 1.54) is 6.07 Å². The van der Waals surface area contributed by atoms with E-state index in [9.17, 15) is 24.1 Å². The van der Waals surface area contributed by atoms with Crippen molar-refractivity contribution in [1.82, 2.24) is 9.80 Å². The molecule has 168 valence electrons. The van der Waals surface area contributed by atoms with Crippen LogP contribution in [0.25, 0.3) is 0 Å². The summed E-state index contributed by atoms with van der Waals surface area (Å²) in [6, 6.07) is 3.59. The van der Waals surface area contributed by atoms with Crippen LogP contribution in [0.1, 0.15) is 55.3 Å². The van der Waals surface area contributed by atoms with Crippen LogP contribution in [0.15, 0.2) is 18.2 Å². The van der Waals surface area contributed by atoms with Gasteiger partial charge in [0.25, 0.3) is 5.91 Å². The highest BCUT2D eigenvalue weighted by Gasteiger charge is 2.49. The summed E-state index contributed by atoms with van der Waals surface area (Å²) in [6.07, 6.45) is 5.26. The van der Waals surface area contributed by atoms with Gasteiger partial charge in [0.2, 0.25) is 5.82 Å². The third kappa shape index (κ3) is 4.28. The van der Waals surface area contributed by atoms with Crippen molar-refractivity contribution >= 4 is 17.6 Å². The average molecular weight is 433 g/mol. The van der Waals surface area contributed by atoms with E-state index in [-0.39, 0.29) is 29.9 Å². The molecule has 3 fully saturated rings. The van der Waals surface area contributed by atoms with Crippen molar-refractivity contribution in [3.8, 4) is 0 Å². The number of nitro benzene ring substituents is 1. The summed E-state index contributed by atoms with van der Waals surface area (Å²) in [4.78, 5) is 39.2. The van der Waals surface area contributed by atoms with Crippen molar-refractivity contribution in [2.45, 2.75) is 57.0 Å². The second kappa shape index (κ2) is 8.90. The van der Waals surface area contributed by atoms with Gasteiger partial charge < -0.3 is 10.0 Å². The molecule has 0 radical (unpaired) electrons. The molecule has 3 heterocycles. The summed E-state index contributed by atoms with van der Waals surface area (Å²) < 4.78 is 13.8. The van der Waals surface area contributed by atoms with E-state index < -0.39 is 22.4 Å². The molecular weight excluding hydrogens is 405 g/mol. The highest BCUT2D eigenvalue weighted by atomic mass is 19.1. The predicted molar refractivity (Wildman–Crippen MR) is 110 cm³/mol. The number of rotatable bonds is 6. The summed E-state index contributed by atoms with van der Waals surface area (Å²) in [7, 11) is 0. The zero-order chi connectivity index (χ0) is 22.1. The van der Waals surface area contributed by atoms with Gasteiger partial charge in [-0.1, -0.05) is 0 Å². The first-order valence-electron chi connectivity index (χ1n) is 11.1. The molecule has 3 aliphatic heterocycles. The van der Waals surface area contributed by atoms with Crippen LogP contribution in [0.4, 0.5) is 10.1 Å². The number of carbonyl (C=O) groups excluding carboxylic acids is 1. The molecule has 0 bridgehead atoms. The van der Waals surface area contributed by atoms with Crippen molar-refractivity contribution in [3.05, 3.63) is 39.7 Å². The summed E-state index contributed by atoms with van der Waals surface area (Å²) in [6.45, 7) is 2.69. The Morgan fingerprint density at radius 3 is 2.68 bits per heavy atom. The minimum atomic E-state index is -0.964. The monoisotopic (exact) mass is 433 g/mol. The number of piperidine rings is 3. The van der Waals surface area contributed by atoms with Gasteiger partial charge >= 0.3 is 11.7 Å². The molecule has 9 heteroatoms. The van der Waals surface area contributed by atoms with Crippen LogP contribution in [0.3, 0.4) is 0 Å². The molecule has 4 rings (SSSR count). The fraction of sp³-hybridized carbons (Fsp3) is 0.636. The number of carboxylic acids is 1. The normalized spacial score (nSPS) is 28.1. The number of nitrogens with zero attached hydrogens (tertiary/aromatic N) is 3. The highest BCUT2D eigenvalue weighted by Crippen LogP contribution is 2.43. The molecule has 0 aromatic heterocycles. The van der Waals surface area contributed by atoms with Crippen LogP contribution >= 0.6 is 0 Å². The number of hydrogen-bond donors (Lipinski definition) is 1. The zero-order valence-corrected chi connectivity index (χ0v) is 17.4. The SMILES string of the molecule is O=C(O)CCC[C@H]1[C@H]2CCCN3CCC[C@@H](CN1C(=O)c1ccc(F)c([N+](=O)[O-])c1)[C@@H]23. The Balaban J connectivity index is 1.64. The Morgan fingerprint density at radius 2 is 1.97 bits per heavy atom. The van der Waals surface area contributed by atoms with E-state index in [4.69, 9.17) is 5.11 Å². The van der Waals surface area contributed by atoms with Gasteiger partial charge in [0.15, 0.2) is 0 Å². The molecular formula is C22H28FN3O5. The molecule has 0 spiro atoms. The van der Waals surface area contributed by atoms with E-state index in [1.54, 1.807) is 4.90 Å². The third-order valence-electron chi connectivity index (χ3n) is 7.21. The van der Waals surface area contributed by atoms with Gasteiger partial charge in [-0.05, 0) is 75.6 Å². The fourth-order valence-electron chi connectivity index (χ4n) is 6.01. The summed E-state index contributed by atoms with van der Waals surface area (Å²) in [5, 5.41) is 20.2. The number of benzene rings is 1. The number of amides is 1. The predicted octanol–water partition coefficient (Wildman–Crippen LogP) is 3.30. The van der Waals surface area contributed by atoms with Crippen LogP contribution in [0.2, 0.25) is 0 Å². The number of nitro groups is 1. The lowest BCUT2D eigenvalue weighted by molar-refractivity contribution is -0.387. The Labute approximate surface area is 180 Å². The van der Waals surface area contributed by atoms with Crippen molar-refractivity contribution in [1.29, 1.82) is 0 Å². The number of hydrogen-bond acceptors (Lipinski definition) is 5. The maximum atomic E-state index is 13.8. The smallest absolute Gasteiger partial charge is 0.305 e.